The molecular weight excluding hydrogens is 290 g/mol. The van der Waals surface area contributed by atoms with E-state index in [-0.39, 0.29) is 18.0 Å². The topological polar surface area (TPSA) is 55.3 Å². The van der Waals surface area contributed by atoms with Gasteiger partial charge in [-0.05, 0) is 50.5 Å². The van der Waals surface area contributed by atoms with E-state index < -0.39 is 0 Å². The van der Waals surface area contributed by atoms with Crippen molar-refractivity contribution in [3.8, 4) is 5.75 Å². The molecule has 5 heteroatoms. The third-order valence-corrected chi connectivity index (χ3v) is 4.44. The SMILES string of the molecule is COc1ccc2c(c1)C[C@@H](C)N(C(=O)c1cnc(C)cn1)[C@H]2C. The summed E-state index contributed by atoms with van der Waals surface area (Å²) in [4.78, 5) is 23.2. The summed E-state index contributed by atoms with van der Waals surface area (Å²) in [6.07, 6.45) is 3.99. The molecule has 0 bridgehead atoms. The van der Waals surface area contributed by atoms with Crippen LogP contribution in [0.5, 0.6) is 5.75 Å². The van der Waals surface area contributed by atoms with E-state index in [0.29, 0.717) is 5.69 Å². The van der Waals surface area contributed by atoms with Crippen LogP contribution in [0.3, 0.4) is 0 Å². The Bertz CT molecular complexity index is 728. The molecule has 1 aromatic carbocycles. The third kappa shape index (κ3) is 2.79. The van der Waals surface area contributed by atoms with Gasteiger partial charge in [0.05, 0.1) is 25.0 Å². The molecule has 2 atom stereocenters. The van der Waals surface area contributed by atoms with Crippen LogP contribution >= 0.6 is 0 Å². The molecule has 1 aliphatic rings. The van der Waals surface area contributed by atoms with Crippen LogP contribution in [0, 0.1) is 6.92 Å². The van der Waals surface area contributed by atoms with E-state index >= 15 is 0 Å². The first-order valence-electron chi connectivity index (χ1n) is 7.79. The number of methoxy groups -OCH3 is 1. The smallest absolute Gasteiger partial charge is 0.274 e. The second-order valence-corrected chi connectivity index (χ2v) is 6.05. The Labute approximate surface area is 136 Å². The quantitative estimate of drug-likeness (QED) is 0.855. The fourth-order valence-corrected chi connectivity index (χ4v) is 3.25. The summed E-state index contributed by atoms with van der Waals surface area (Å²) in [7, 11) is 1.67. The van der Waals surface area contributed by atoms with E-state index in [0.717, 1.165) is 23.4 Å². The number of amides is 1. The molecule has 0 unspecified atom stereocenters. The molecule has 2 heterocycles. The number of carbonyl (C=O) groups is 1. The van der Waals surface area contributed by atoms with Gasteiger partial charge in [0.2, 0.25) is 0 Å². The third-order valence-electron chi connectivity index (χ3n) is 4.44. The molecule has 120 valence electrons. The normalized spacial score (nSPS) is 20.1. The number of fused-ring (bicyclic) bond motifs is 1. The fourth-order valence-electron chi connectivity index (χ4n) is 3.25. The Morgan fingerprint density at radius 1 is 1.26 bits per heavy atom. The summed E-state index contributed by atoms with van der Waals surface area (Å²) in [6.45, 7) is 5.98. The molecular formula is C18H21N3O2. The first-order chi connectivity index (χ1) is 11.0. The van der Waals surface area contributed by atoms with Crippen molar-refractivity contribution in [3.05, 3.63) is 53.1 Å². The van der Waals surface area contributed by atoms with Crippen molar-refractivity contribution in [2.75, 3.05) is 7.11 Å². The van der Waals surface area contributed by atoms with E-state index in [2.05, 4.69) is 29.9 Å². The molecule has 0 spiro atoms. The number of ether oxygens (including phenoxy) is 1. The highest BCUT2D eigenvalue weighted by molar-refractivity contribution is 5.92. The molecule has 1 aromatic heterocycles. The lowest BCUT2D eigenvalue weighted by Gasteiger charge is -2.40. The second-order valence-electron chi connectivity index (χ2n) is 6.05. The maximum absolute atomic E-state index is 12.9. The van der Waals surface area contributed by atoms with Crippen LogP contribution in [0.25, 0.3) is 0 Å². The Hall–Kier alpha value is -2.43. The minimum atomic E-state index is -0.0704. The molecule has 3 rings (SSSR count). The van der Waals surface area contributed by atoms with Gasteiger partial charge in [-0.3, -0.25) is 9.78 Å². The molecule has 23 heavy (non-hydrogen) atoms. The molecule has 0 aliphatic carbocycles. The summed E-state index contributed by atoms with van der Waals surface area (Å²) in [5.74, 6) is 0.784. The lowest BCUT2D eigenvalue weighted by molar-refractivity contribution is 0.0573. The minimum absolute atomic E-state index is 0.00439. The zero-order chi connectivity index (χ0) is 16.6. The van der Waals surface area contributed by atoms with Gasteiger partial charge in [0.15, 0.2) is 0 Å². The van der Waals surface area contributed by atoms with Crippen molar-refractivity contribution in [2.45, 2.75) is 39.3 Å². The van der Waals surface area contributed by atoms with E-state index in [1.807, 2.05) is 24.0 Å². The predicted molar refractivity (Wildman–Crippen MR) is 87.5 cm³/mol. The van der Waals surface area contributed by atoms with Crippen molar-refractivity contribution in [1.82, 2.24) is 14.9 Å². The lowest BCUT2D eigenvalue weighted by Crippen LogP contribution is -2.45. The number of rotatable bonds is 2. The van der Waals surface area contributed by atoms with Gasteiger partial charge in [0.1, 0.15) is 11.4 Å². The van der Waals surface area contributed by atoms with Crippen molar-refractivity contribution in [3.63, 3.8) is 0 Å². The van der Waals surface area contributed by atoms with E-state index in [1.165, 1.54) is 5.56 Å². The van der Waals surface area contributed by atoms with Crippen LogP contribution in [0.4, 0.5) is 0 Å². The minimum Gasteiger partial charge on any atom is -0.497 e. The van der Waals surface area contributed by atoms with Gasteiger partial charge in [0.25, 0.3) is 5.91 Å². The van der Waals surface area contributed by atoms with Gasteiger partial charge in [0, 0.05) is 12.2 Å². The van der Waals surface area contributed by atoms with Crippen molar-refractivity contribution >= 4 is 5.91 Å². The fraction of sp³-hybridized carbons (Fsp3) is 0.389. The van der Waals surface area contributed by atoms with Crippen molar-refractivity contribution < 1.29 is 9.53 Å². The zero-order valence-corrected chi connectivity index (χ0v) is 13.9. The number of nitrogens with zero attached hydrogens (tertiary/aromatic N) is 3. The molecule has 0 saturated carbocycles. The summed E-state index contributed by atoms with van der Waals surface area (Å²) in [5.41, 5.74) is 3.60. The second kappa shape index (κ2) is 5.99. The van der Waals surface area contributed by atoms with Crippen molar-refractivity contribution in [2.24, 2.45) is 0 Å². The van der Waals surface area contributed by atoms with Gasteiger partial charge in [-0.25, -0.2) is 4.98 Å². The summed E-state index contributed by atoms with van der Waals surface area (Å²) in [6, 6.07) is 6.15. The Morgan fingerprint density at radius 3 is 2.70 bits per heavy atom. The average molecular weight is 311 g/mol. The Balaban J connectivity index is 1.94. The Kier molecular flexibility index (Phi) is 4.03. The Morgan fingerprint density at radius 2 is 2.04 bits per heavy atom. The zero-order valence-electron chi connectivity index (χ0n) is 13.9. The summed E-state index contributed by atoms with van der Waals surface area (Å²) < 4.78 is 5.31. The number of carbonyl (C=O) groups excluding carboxylic acids is 1. The van der Waals surface area contributed by atoms with E-state index in [1.54, 1.807) is 19.5 Å². The standard InChI is InChI=1S/C18H21N3O2/c1-11-9-20-17(10-19-11)18(22)21-12(2)7-14-8-15(23-4)5-6-16(14)13(21)3/h5-6,8-10,12-13H,7H2,1-4H3/t12-,13+/m1/s1. The van der Waals surface area contributed by atoms with Crippen LogP contribution in [0.15, 0.2) is 30.6 Å². The number of aryl methyl sites for hydroxylation is 1. The lowest BCUT2D eigenvalue weighted by atomic mass is 9.89. The van der Waals surface area contributed by atoms with Gasteiger partial charge in [-0.15, -0.1) is 0 Å². The van der Waals surface area contributed by atoms with Gasteiger partial charge < -0.3 is 9.64 Å². The maximum Gasteiger partial charge on any atom is 0.274 e. The molecule has 0 saturated heterocycles. The maximum atomic E-state index is 12.9. The van der Waals surface area contributed by atoms with Crippen molar-refractivity contribution in [1.29, 1.82) is 0 Å². The molecule has 2 aromatic rings. The number of hydrogen-bond acceptors (Lipinski definition) is 4. The predicted octanol–water partition coefficient (Wildman–Crippen LogP) is 2.94. The molecule has 5 nitrogen and oxygen atoms in total. The molecule has 0 fully saturated rings. The number of benzene rings is 1. The van der Waals surface area contributed by atoms with Gasteiger partial charge in [-0.1, -0.05) is 6.07 Å². The van der Waals surface area contributed by atoms with Crippen LogP contribution < -0.4 is 4.74 Å². The summed E-state index contributed by atoms with van der Waals surface area (Å²) >= 11 is 0. The average Bonchev–Trinajstić information content (AvgIpc) is 2.54. The molecule has 0 N–H and O–H groups in total. The van der Waals surface area contributed by atoms with E-state index in [4.69, 9.17) is 4.74 Å². The molecule has 1 amide bonds. The largest absolute Gasteiger partial charge is 0.497 e. The van der Waals surface area contributed by atoms with Gasteiger partial charge in [-0.2, -0.15) is 0 Å². The highest BCUT2D eigenvalue weighted by atomic mass is 16.5. The van der Waals surface area contributed by atoms with Crippen LogP contribution in [0.2, 0.25) is 0 Å². The van der Waals surface area contributed by atoms with E-state index in [9.17, 15) is 4.79 Å². The summed E-state index contributed by atoms with van der Waals surface area (Å²) in [5, 5.41) is 0. The highest BCUT2D eigenvalue weighted by Crippen LogP contribution is 2.35. The monoisotopic (exact) mass is 311 g/mol. The molecule has 1 aliphatic heterocycles. The molecule has 0 radical (unpaired) electrons. The van der Waals surface area contributed by atoms with Crippen LogP contribution in [-0.2, 0) is 6.42 Å². The first kappa shape index (κ1) is 15.5. The number of hydrogen-bond donors (Lipinski definition) is 0. The number of aromatic nitrogens is 2. The van der Waals surface area contributed by atoms with Crippen LogP contribution in [-0.4, -0.2) is 33.9 Å². The highest BCUT2D eigenvalue weighted by Gasteiger charge is 2.34. The first-order valence-corrected chi connectivity index (χ1v) is 7.79. The van der Waals surface area contributed by atoms with Crippen LogP contribution in [0.1, 0.15) is 47.2 Å². The van der Waals surface area contributed by atoms with Gasteiger partial charge >= 0.3 is 0 Å².